The molecule has 2 heterocycles. The van der Waals surface area contributed by atoms with Crippen molar-refractivity contribution in [3.05, 3.63) is 94.5 Å². The number of likely N-dealkylation sites (tertiary alicyclic amines) is 1. The van der Waals surface area contributed by atoms with Crippen molar-refractivity contribution in [1.82, 2.24) is 9.80 Å². The Labute approximate surface area is 253 Å². The molecule has 42 heavy (non-hydrogen) atoms. The first kappa shape index (κ1) is 29.6. The van der Waals surface area contributed by atoms with E-state index in [1.165, 1.54) is 0 Å². The number of hydrogen-bond donors (Lipinski definition) is 1. The van der Waals surface area contributed by atoms with Gasteiger partial charge in [0.2, 0.25) is 5.91 Å². The summed E-state index contributed by atoms with van der Waals surface area (Å²) in [6.07, 6.45) is 4.68. The van der Waals surface area contributed by atoms with Crippen LogP contribution >= 0.6 is 11.6 Å². The summed E-state index contributed by atoms with van der Waals surface area (Å²) in [5, 5.41) is 3.51. The van der Waals surface area contributed by atoms with Crippen LogP contribution in [-0.2, 0) is 4.79 Å². The third-order valence-electron chi connectivity index (χ3n) is 8.29. The number of rotatable bonds is 7. The fourth-order valence-electron chi connectivity index (χ4n) is 5.97. The third-order valence-corrected chi connectivity index (χ3v) is 8.54. The van der Waals surface area contributed by atoms with Crippen LogP contribution in [0.4, 0.5) is 11.4 Å². The average Bonchev–Trinajstić information content (AvgIpc) is 3.29. The van der Waals surface area contributed by atoms with E-state index in [4.69, 9.17) is 11.6 Å². The molecule has 0 aliphatic carbocycles. The highest BCUT2D eigenvalue weighted by molar-refractivity contribution is 6.30. The molecule has 0 spiro atoms. The van der Waals surface area contributed by atoms with Gasteiger partial charge in [-0.05, 0) is 80.1 Å². The van der Waals surface area contributed by atoms with Crippen molar-refractivity contribution in [2.45, 2.75) is 44.9 Å². The highest BCUT2D eigenvalue weighted by atomic mass is 35.5. The highest BCUT2D eigenvalue weighted by Gasteiger charge is 2.29. The molecule has 1 N–H and O–H groups in total. The first-order chi connectivity index (χ1) is 20.4. The Hall–Kier alpha value is -3.84. The number of halogens is 1. The van der Waals surface area contributed by atoms with Crippen LogP contribution in [0.15, 0.2) is 72.8 Å². The minimum absolute atomic E-state index is 0.0143. The molecule has 8 heteroatoms. The van der Waals surface area contributed by atoms with Gasteiger partial charge in [0.05, 0.1) is 11.5 Å². The fraction of sp³-hybridized carbons (Fsp3) is 0.382. The Kier molecular flexibility index (Phi) is 9.80. The molecule has 0 saturated carbocycles. The Morgan fingerprint density at radius 2 is 1.50 bits per heavy atom. The van der Waals surface area contributed by atoms with Gasteiger partial charge in [0, 0.05) is 61.2 Å². The fourth-order valence-corrected chi connectivity index (χ4v) is 6.10. The Bertz CT molecular complexity index is 1390. The predicted octanol–water partition coefficient (Wildman–Crippen LogP) is 6.45. The van der Waals surface area contributed by atoms with Crippen LogP contribution in [0.3, 0.4) is 0 Å². The standard InChI is InChI=1S/C34H39ClN4O3/c1-2-29(25-10-5-3-6-11-25)33(41)39-21-9-20-37(22-23-39)31-17-16-28(36-32(40)26-12-14-27(35)15-13-26)24-30(31)34(42)38-18-7-4-8-19-38/h3,5-6,10-17,24,29H,2,4,7-9,18-23H2,1H3,(H,36,40). The van der Waals surface area contributed by atoms with E-state index in [-0.39, 0.29) is 23.6 Å². The number of hydrogen-bond acceptors (Lipinski definition) is 4. The topological polar surface area (TPSA) is 73.0 Å². The molecule has 1 unspecified atom stereocenters. The minimum atomic E-state index is -0.261. The lowest BCUT2D eigenvalue weighted by Crippen LogP contribution is -2.39. The van der Waals surface area contributed by atoms with Gasteiger partial charge in [0.1, 0.15) is 0 Å². The molecule has 1 atom stereocenters. The summed E-state index contributed by atoms with van der Waals surface area (Å²) in [5.41, 5.74) is 3.54. The maximum absolute atomic E-state index is 13.9. The van der Waals surface area contributed by atoms with Crippen molar-refractivity contribution >= 4 is 40.7 Å². The van der Waals surface area contributed by atoms with Crippen LogP contribution in [0.5, 0.6) is 0 Å². The minimum Gasteiger partial charge on any atom is -0.369 e. The molecule has 2 fully saturated rings. The number of nitrogens with one attached hydrogen (secondary N) is 1. The summed E-state index contributed by atoms with van der Waals surface area (Å²) in [6, 6.07) is 22.3. The normalized spacial score (nSPS) is 16.5. The summed E-state index contributed by atoms with van der Waals surface area (Å²) in [7, 11) is 0. The molecular formula is C34H39ClN4O3. The quantitative estimate of drug-likeness (QED) is 0.345. The Morgan fingerprint density at radius 3 is 2.21 bits per heavy atom. The molecule has 2 saturated heterocycles. The number of carbonyl (C=O) groups is 3. The van der Waals surface area contributed by atoms with Crippen molar-refractivity contribution in [2.75, 3.05) is 49.5 Å². The van der Waals surface area contributed by atoms with E-state index in [1.807, 2.05) is 52.3 Å². The maximum atomic E-state index is 13.9. The van der Waals surface area contributed by atoms with E-state index >= 15 is 0 Å². The van der Waals surface area contributed by atoms with Crippen molar-refractivity contribution in [3.8, 4) is 0 Å². The Morgan fingerprint density at radius 1 is 0.786 bits per heavy atom. The molecule has 2 aliphatic heterocycles. The highest BCUT2D eigenvalue weighted by Crippen LogP contribution is 2.29. The second-order valence-electron chi connectivity index (χ2n) is 11.1. The van der Waals surface area contributed by atoms with Gasteiger partial charge in [0.15, 0.2) is 0 Å². The molecule has 220 valence electrons. The van der Waals surface area contributed by atoms with Gasteiger partial charge < -0.3 is 20.0 Å². The summed E-state index contributed by atoms with van der Waals surface area (Å²) in [4.78, 5) is 46.5. The van der Waals surface area contributed by atoms with E-state index in [9.17, 15) is 14.4 Å². The molecule has 3 aromatic carbocycles. The number of anilines is 2. The van der Waals surface area contributed by atoms with Gasteiger partial charge in [0.25, 0.3) is 11.8 Å². The molecule has 0 aromatic heterocycles. The maximum Gasteiger partial charge on any atom is 0.256 e. The predicted molar refractivity (Wildman–Crippen MR) is 168 cm³/mol. The molecule has 7 nitrogen and oxygen atoms in total. The molecular weight excluding hydrogens is 548 g/mol. The van der Waals surface area contributed by atoms with Crippen molar-refractivity contribution in [1.29, 1.82) is 0 Å². The lowest BCUT2D eigenvalue weighted by atomic mass is 9.95. The zero-order valence-electron chi connectivity index (χ0n) is 24.2. The van der Waals surface area contributed by atoms with E-state index in [2.05, 4.69) is 17.1 Å². The number of piperidine rings is 1. The van der Waals surface area contributed by atoms with Crippen molar-refractivity contribution < 1.29 is 14.4 Å². The zero-order chi connectivity index (χ0) is 29.5. The lowest BCUT2D eigenvalue weighted by molar-refractivity contribution is -0.132. The number of benzene rings is 3. The monoisotopic (exact) mass is 586 g/mol. The van der Waals surface area contributed by atoms with Gasteiger partial charge >= 0.3 is 0 Å². The van der Waals surface area contributed by atoms with Crippen molar-refractivity contribution in [3.63, 3.8) is 0 Å². The SMILES string of the molecule is CCC(C(=O)N1CCCN(c2ccc(NC(=O)c3ccc(Cl)cc3)cc2C(=O)N2CCCCC2)CC1)c1ccccc1. The van der Waals surface area contributed by atoms with Gasteiger partial charge in [-0.2, -0.15) is 0 Å². The molecule has 3 aromatic rings. The van der Waals surface area contributed by atoms with Gasteiger partial charge in [-0.3, -0.25) is 14.4 Å². The summed E-state index contributed by atoms with van der Waals surface area (Å²) < 4.78 is 0. The van der Waals surface area contributed by atoms with Crippen LogP contribution in [0.2, 0.25) is 5.02 Å². The Balaban J connectivity index is 1.36. The molecule has 0 bridgehead atoms. The number of amides is 3. The molecule has 0 radical (unpaired) electrons. The number of nitrogens with zero attached hydrogens (tertiary/aromatic N) is 3. The molecule has 3 amide bonds. The van der Waals surface area contributed by atoms with E-state index in [0.29, 0.717) is 41.5 Å². The lowest BCUT2D eigenvalue weighted by Gasteiger charge is -2.31. The zero-order valence-corrected chi connectivity index (χ0v) is 25.0. The number of carbonyl (C=O) groups excluding carboxylic acids is 3. The average molecular weight is 587 g/mol. The van der Waals surface area contributed by atoms with Crippen LogP contribution < -0.4 is 10.2 Å². The van der Waals surface area contributed by atoms with E-state index in [1.54, 1.807) is 30.3 Å². The summed E-state index contributed by atoms with van der Waals surface area (Å²) in [5.74, 6) is -0.267. The van der Waals surface area contributed by atoms with Gasteiger partial charge in [-0.25, -0.2) is 0 Å². The second-order valence-corrected chi connectivity index (χ2v) is 11.5. The molecule has 2 aliphatic rings. The second kappa shape index (κ2) is 13.9. The molecule has 5 rings (SSSR count). The third kappa shape index (κ3) is 6.96. The van der Waals surface area contributed by atoms with Crippen LogP contribution in [0, 0.1) is 0 Å². The van der Waals surface area contributed by atoms with Crippen LogP contribution in [0.1, 0.15) is 71.2 Å². The first-order valence-electron chi connectivity index (χ1n) is 15.0. The van der Waals surface area contributed by atoms with Gasteiger partial charge in [-0.1, -0.05) is 48.9 Å². The van der Waals surface area contributed by atoms with E-state index < -0.39 is 0 Å². The first-order valence-corrected chi connectivity index (χ1v) is 15.4. The van der Waals surface area contributed by atoms with Crippen LogP contribution in [0.25, 0.3) is 0 Å². The van der Waals surface area contributed by atoms with Crippen LogP contribution in [-0.4, -0.2) is 66.8 Å². The smallest absolute Gasteiger partial charge is 0.256 e. The van der Waals surface area contributed by atoms with Crippen molar-refractivity contribution in [2.24, 2.45) is 0 Å². The summed E-state index contributed by atoms with van der Waals surface area (Å²) >= 11 is 5.99. The summed E-state index contributed by atoms with van der Waals surface area (Å²) in [6.45, 7) is 6.18. The van der Waals surface area contributed by atoms with E-state index in [0.717, 1.165) is 63.0 Å². The largest absolute Gasteiger partial charge is 0.369 e. The van der Waals surface area contributed by atoms with Gasteiger partial charge in [-0.15, -0.1) is 0 Å².